The van der Waals surface area contributed by atoms with Crippen LogP contribution in [0.4, 0.5) is 0 Å². The molecule has 6 heteroatoms. The Balaban J connectivity index is 1.37. The highest BCUT2D eigenvalue weighted by molar-refractivity contribution is 5.90. The summed E-state index contributed by atoms with van der Waals surface area (Å²) in [7, 11) is 1.66. The third kappa shape index (κ3) is 5.28. The van der Waals surface area contributed by atoms with Crippen LogP contribution in [0.1, 0.15) is 44.9 Å². The molecule has 0 aromatic heterocycles. The average Bonchev–Trinajstić information content (AvgIpc) is 3.14. The van der Waals surface area contributed by atoms with E-state index in [0.29, 0.717) is 12.0 Å². The van der Waals surface area contributed by atoms with Crippen molar-refractivity contribution in [3.8, 4) is 6.07 Å². The van der Waals surface area contributed by atoms with Crippen molar-refractivity contribution in [1.82, 2.24) is 10.2 Å². The van der Waals surface area contributed by atoms with Gasteiger partial charge in [0.1, 0.15) is 11.9 Å². The summed E-state index contributed by atoms with van der Waals surface area (Å²) in [6, 6.07) is 2.18. The van der Waals surface area contributed by atoms with E-state index in [0.717, 1.165) is 43.0 Å². The predicted octanol–water partition coefficient (Wildman–Crippen LogP) is 4.17. The Labute approximate surface area is 190 Å². The standard InChI is InChI=1S/C26H32N4O2/c1-32-24-12-10-21(16-23(24)20-8-6-19(17-27)7-9-20)26(31)29-22-11-13-25(28-18-22)30-14-4-2-3-5-15-30/h6-8,11-12,16,18,20-21,25H,2-5,9-10,13-15H2,1H3,(H,29,31). The summed E-state index contributed by atoms with van der Waals surface area (Å²) in [5, 5.41) is 12.1. The summed E-state index contributed by atoms with van der Waals surface area (Å²) in [5.74, 6) is 0.652. The number of amides is 1. The molecule has 0 radical (unpaired) electrons. The number of nitriles is 1. The molecular weight excluding hydrogens is 400 g/mol. The van der Waals surface area contributed by atoms with E-state index in [4.69, 9.17) is 15.0 Å². The number of hydrogen-bond donors (Lipinski definition) is 1. The molecule has 3 unspecified atom stereocenters. The number of rotatable bonds is 5. The fourth-order valence-corrected chi connectivity index (χ4v) is 4.81. The number of dihydropyridines is 1. The normalized spacial score (nSPS) is 28.4. The summed E-state index contributed by atoms with van der Waals surface area (Å²) in [4.78, 5) is 20.2. The number of hydrogen-bond acceptors (Lipinski definition) is 5. The van der Waals surface area contributed by atoms with E-state index in [1.54, 1.807) is 7.11 Å². The van der Waals surface area contributed by atoms with Gasteiger partial charge in [-0.3, -0.25) is 14.7 Å². The van der Waals surface area contributed by atoms with E-state index in [9.17, 15) is 4.79 Å². The second-order valence-corrected chi connectivity index (χ2v) is 8.80. The molecule has 1 N–H and O–H groups in total. The number of nitrogens with one attached hydrogen (secondary N) is 1. The summed E-state index contributed by atoms with van der Waals surface area (Å²) in [6.07, 6.45) is 21.2. The third-order valence-corrected chi connectivity index (χ3v) is 6.67. The fraction of sp³-hybridized carbons (Fsp3) is 0.500. The molecule has 2 heterocycles. The molecule has 0 aromatic carbocycles. The van der Waals surface area contributed by atoms with Crippen molar-refractivity contribution in [3.63, 3.8) is 0 Å². The molecule has 3 atom stereocenters. The van der Waals surface area contributed by atoms with Crippen LogP contribution in [0.2, 0.25) is 0 Å². The van der Waals surface area contributed by atoms with Gasteiger partial charge in [-0.2, -0.15) is 5.26 Å². The quantitative estimate of drug-likeness (QED) is 0.707. The maximum absolute atomic E-state index is 13.0. The molecule has 0 bridgehead atoms. The van der Waals surface area contributed by atoms with Crippen LogP contribution in [0.25, 0.3) is 0 Å². The van der Waals surface area contributed by atoms with Gasteiger partial charge < -0.3 is 10.1 Å². The Morgan fingerprint density at radius 1 is 1.16 bits per heavy atom. The molecule has 1 saturated heterocycles. The lowest BCUT2D eigenvalue weighted by Crippen LogP contribution is -2.37. The lowest BCUT2D eigenvalue weighted by atomic mass is 9.83. The van der Waals surface area contributed by atoms with Gasteiger partial charge >= 0.3 is 0 Å². The van der Waals surface area contributed by atoms with Gasteiger partial charge in [0.05, 0.1) is 24.8 Å². The van der Waals surface area contributed by atoms with Gasteiger partial charge in [-0.15, -0.1) is 0 Å². The minimum Gasteiger partial charge on any atom is -0.497 e. The van der Waals surface area contributed by atoms with Gasteiger partial charge in [-0.25, -0.2) is 0 Å². The van der Waals surface area contributed by atoms with Crippen LogP contribution in [0.15, 0.2) is 64.1 Å². The van der Waals surface area contributed by atoms with E-state index >= 15 is 0 Å². The van der Waals surface area contributed by atoms with E-state index in [1.807, 2.05) is 36.6 Å². The molecular formula is C26H32N4O2. The molecule has 2 aliphatic carbocycles. The number of likely N-dealkylation sites (tertiary alicyclic amines) is 1. The number of ether oxygens (including phenoxy) is 1. The second-order valence-electron chi connectivity index (χ2n) is 8.80. The lowest BCUT2D eigenvalue weighted by molar-refractivity contribution is -0.122. The molecule has 0 aromatic rings. The first-order valence-electron chi connectivity index (χ1n) is 11.7. The van der Waals surface area contributed by atoms with Crippen LogP contribution in [-0.4, -0.2) is 43.4 Å². The molecule has 4 aliphatic rings. The molecule has 168 valence electrons. The summed E-state index contributed by atoms with van der Waals surface area (Å²) < 4.78 is 5.57. The Morgan fingerprint density at radius 3 is 2.59 bits per heavy atom. The monoisotopic (exact) mass is 432 g/mol. The van der Waals surface area contributed by atoms with E-state index in [-0.39, 0.29) is 23.9 Å². The zero-order valence-corrected chi connectivity index (χ0v) is 18.8. The van der Waals surface area contributed by atoms with E-state index in [1.165, 1.54) is 25.7 Å². The van der Waals surface area contributed by atoms with Crippen LogP contribution in [-0.2, 0) is 9.53 Å². The Bertz CT molecular complexity index is 939. The second kappa shape index (κ2) is 10.6. The van der Waals surface area contributed by atoms with Crippen molar-refractivity contribution < 1.29 is 9.53 Å². The number of methoxy groups -OCH3 is 1. The third-order valence-electron chi connectivity index (χ3n) is 6.67. The first-order valence-corrected chi connectivity index (χ1v) is 11.7. The van der Waals surface area contributed by atoms with Crippen LogP contribution in [0, 0.1) is 23.2 Å². The highest BCUT2D eigenvalue weighted by atomic mass is 16.5. The highest BCUT2D eigenvalue weighted by Gasteiger charge is 2.27. The Hall–Kier alpha value is -2.91. The number of carbonyl (C=O) groups is 1. The minimum absolute atomic E-state index is 0.0205. The van der Waals surface area contributed by atoms with Crippen molar-refractivity contribution >= 4 is 12.1 Å². The number of nitrogens with zero attached hydrogens (tertiary/aromatic N) is 3. The smallest absolute Gasteiger partial charge is 0.231 e. The molecule has 0 spiro atoms. The molecule has 1 fully saturated rings. The van der Waals surface area contributed by atoms with Gasteiger partial charge in [-0.05, 0) is 43.4 Å². The molecule has 2 aliphatic heterocycles. The molecule has 0 saturated carbocycles. The van der Waals surface area contributed by atoms with Crippen molar-refractivity contribution in [2.24, 2.45) is 16.8 Å². The zero-order chi connectivity index (χ0) is 22.3. The first kappa shape index (κ1) is 22.3. The highest BCUT2D eigenvalue weighted by Crippen LogP contribution is 2.34. The van der Waals surface area contributed by atoms with Crippen LogP contribution in [0.5, 0.6) is 0 Å². The van der Waals surface area contributed by atoms with Crippen LogP contribution >= 0.6 is 0 Å². The fourth-order valence-electron chi connectivity index (χ4n) is 4.81. The summed E-state index contributed by atoms with van der Waals surface area (Å²) in [6.45, 7) is 2.23. The summed E-state index contributed by atoms with van der Waals surface area (Å²) in [5.41, 5.74) is 2.48. The van der Waals surface area contributed by atoms with Gasteiger partial charge in [0.15, 0.2) is 0 Å². The van der Waals surface area contributed by atoms with Crippen molar-refractivity contribution in [2.75, 3.05) is 20.2 Å². The van der Waals surface area contributed by atoms with Crippen molar-refractivity contribution in [2.45, 2.75) is 51.1 Å². The maximum atomic E-state index is 13.0. The summed E-state index contributed by atoms with van der Waals surface area (Å²) >= 11 is 0. The van der Waals surface area contributed by atoms with Crippen molar-refractivity contribution in [3.05, 3.63) is 59.1 Å². The van der Waals surface area contributed by atoms with Crippen LogP contribution in [0.3, 0.4) is 0 Å². The van der Waals surface area contributed by atoms with Crippen molar-refractivity contribution in [1.29, 1.82) is 5.26 Å². The molecule has 1 amide bonds. The molecule has 6 nitrogen and oxygen atoms in total. The molecule has 32 heavy (non-hydrogen) atoms. The number of allylic oxidation sites excluding steroid dienone is 7. The number of aliphatic imine (C=N–C) groups is 1. The minimum atomic E-state index is -0.253. The molecule has 4 rings (SSSR count). The number of carbonyl (C=O) groups excluding carboxylic acids is 1. The zero-order valence-electron chi connectivity index (χ0n) is 18.8. The van der Waals surface area contributed by atoms with Crippen LogP contribution < -0.4 is 5.32 Å². The van der Waals surface area contributed by atoms with Gasteiger partial charge in [0.25, 0.3) is 0 Å². The van der Waals surface area contributed by atoms with Gasteiger partial charge in [-0.1, -0.05) is 37.1 Å². The topological polar surface area (TPSA) is 77.7 Å². The Kier molecular flexibility index (Phi) is 7.39. The average molecular weight is 433 g/mol. The maximum Gasteiger partial charge on any atom is 0.231 e. The lowest BCUT2D eigenvalue weighted by Gasteiger charge is -2.29. The Morgan fingerprint density at radius 2 is 1.97 bits per heavy atom. The van der Waals surface area contributed by atoms with Gasteiger partial charge in [0, 0.05) is 37.2 Å². The SMILES string of the molecule is COC1=CCC(C(=O)NC2=CCC(N3CCCCCC3)N=C2)C=C1C1C=CC(C#N)=CC1. The van der Waals surface area contributed by atoms with E-state index in [2.05, 4.69) is 22.4 Å². The van der Waals surface area contributed by atoms with E-state index < -0.39 is 0 Å². The predicted molar refractivity (Wildman–Crippen MR) is 125 cm³/mol. The first-order chi connectivity index (χ1) is 15.7. The van der Waals surface area contributed by atoms with Gasteiger partial charge in [0.2, 0.25) is 5.91 Å². The largest absolute Gasteiger partial charge is 0.497 e.